The molecule has 8 nitrogen and oxygen atoms in total. The number of carbonyl (C=O) groups is 2. The molecule has 0 N–H and O–H groups in total. The smallest absolute Gasteiger partial charge is 0.264 e. The van der Waals surface area contributed by atoms with Crippen molar-refractivity contribution in [2.24, 2.45) is 0 Å². The second-order valence-corrected chi connectivity index (χ2v) is 17.8. The number of thioether (sulfide) groups is 2. The van der Waals surface area contributed by atoms with E-state index in [9.17, 15) is 9.59 Å². The van der Waals surface area contributed by atoms with Gasteiger partial charge in [0.1, 0.15) is 22.5 Å². The molecule has 0 spiro atoms. The third-order valence-corrected chi connectivity index (χ3v) is 13.1. The van der Waals surface area contributed by atoms with Crippen molar-refractivity contribution in [3.63, 3.8) is 0 Å². The Balaban J connectivity index is 0.974. The van der Waals surface area contributed by atoms with Crippen LogP contribution in [0.4, 0.5) is 0 Å². The fraction of sp³-hybridized carbons (Fsp3) is 0.143. The zero-order chi connectivity index (χ0) is 45.0. The van der Waals surface area contributed by atoms with Gasteiger partial charge in [-0.2, -0.15) is 0 Å². The number of fused-ring (bicyclic) bond motifs is 4. The van der Waals surface area contributed by atoms with Crippen molar-refractivity contribution < 1.29 is 27.9 Å². The molecule has 0 radical (unpaired) electrons. The summed E-state index contributed by atoms with van der Waals surface area (Å²) in [5, 5.41) is 4.57. The molecule has 66 heavy (non-hydrogen) atoms. The fourth-order valence-electron chi connectivity index (χ4n) is 8.05. The maximum absolute atomic E-state index is 13.2. The Morgan fingerprint density at radius 3 is 1.30 bits per heavy atom. The van der Waals surface area contributed by atoms with Crippen molar-refractivity contribution in [2.45, 2.75) is 50.0 Å². The summed E-state index contributed by atoms with van der Waals surface area (Å²) in [5.41, 5.74) is 9.88. The minimum absolute atomic E-state index is 0.136. The van der Waals surface area contributed by atoms with Gasteiger partial charge < -0.3 is 18.3 Å². The summed E-state index contributed by atoms with van der Waals surface area (Å²) in [5.74, 6) is 1.60. The number of ether oxygens (including phenoxy) is 2. The topological polar surface area (TPSA) is 105 Å². The number of benzene rings is 8. The Bertz CT molecular complexity index is 3100. The first-order valence-corrected chi connectivity index (χ1v) is 23.8. The second-order valence-electron chi connectivity index (χ2n) is 16.0. The van der Waals surface area contributed by atoms with E-state index in [1.165, 1.54) is 0 Å². The van der Waals surface area contributed by atoms with Crippen LogP contribution in [0.1, 0.15) is 60.2 Å². The molecule has 0 fully saturated rings. The van der Waals surface area contributed by atoms with Crippen LogP contribution in [0.25, 0.3) is 77.1 Å². The number of hydrogen-bond acceptors (Lipinski definition) is 10. The van der Waals surface area contributed by atoms with E-state index in [2.05, 4.69) is 84.5 Å². The average molecular weight is 905 g/mol. The van der Waals surface area contributed by atoms with Crippen molar-refractivity contribution in [3.05, 3.63) is 169 Å². The highest BCUT2D eigenvalue weighted by molar-refractivity contribution is 8.14. The van der Waals surface area contributed by atoms with Crippen LogP contribution in [0.15, 0.2) is 177 Å². The first-order chi connectivity index (χ1) is 32.4. The molecule has 2 heterocycles. The Morgan fingerprint density at radius 1 is 0.485 bits per heavy atom. The quantitative estimate of drug-likeness (QED) is 0.0729. The highest BCUT2D eigenvalue weighted by atomic mass is 32.2. The highest BCUT2D eigenvalue weighted by Crippen LogP contribution is 2.47. The van der Waals surface area contributed by atoms with Crippen molar-refractivity contribution >= 4 is 77.5 Å². The lowest BCUT2D eigenvalue weighted by atomic mass is 9.90. The number of aromatic nitrogens is 2. The van der Waals surface area contributed by atoms with Crippen molar-refractivity contribution in [3.8, 4) is 44.9 Å². The van der Waals surface area contributed by atoms with Gasteiger partial charge in [0.05, 0.1) is 13.2 Å². The second kappa shape index (κ2) is 19.1. The first kappa shape index (κ1) is 42.8. The summed E-state index contributed by atoms with van der Waals surface area (Å²) < 4.78 is 24.8. The number of nitrogens with zero attached hydrogens (tertiary/aromatic N) is 2. The maximum atomic E-state index is 13.2. The number of unbranched alkanes of at least 4 members (excludes halogenated alkanes) is 2. The third-order valence-electron chi connectivity index (χ3n) is 11.5. The molecule has 0 bridgehead atoms. The number of oxazole rings is 2. The van der Waals surface area contributed by atoms with Crippen LogP contribution in [0, 0.1) is 0 Å². The zero-order valence-electron chi connectivity index (χ0n) is 36.4. The molecule has 0 aliphatic carbocycles. The monoisotopic (exact) mass is 904 g/mol. The molecule has 8 aromatic carbocycles. The Kier molecular flexibility index (Phi) is 12.4. The largest absolute Gasteiger partial charge is 0.493 e. The third kappa shape index (κ3) is 8.94. The van der Waals surface area contributed by atoms with Gasteiger partial charge in [0.25, 0.3) is 10.4 Å². The molecule has 326 valence electrons. The molecule has 0 unspecified atom stereocenters. The van der Waals surface area contributed by atoms with Crippen LogP contribution in [0.3, 0.4) is 0 Å². The van der Waals surface area contributed by atoms with E-state index in [4.69, 9.17) is 18.3 Å². The molecule has 10 heteroatoms. The van der Waals surface area contributed by atoms with Crippen molar-refractivity contribution in [1.82, 2.24) is 9.97 Å². The zero-order valence-corrected chi connectivity index (χ0v) is 38.0. The number of rotatable bonds is 15. The average Bonchev–Trinajstić information content (AvgIpc) is 3.97. The van der Waals surface area contributed by atoms with Gasteiger partial charge >= 0.3 is 0 Å². The predicted molar refractivity (Wildman–Crippen MR) is 267 cm³/mol. The van der Waals surface area contributed by atoms with Crippen LogP contribution in [-0.4, -0.2) is 33.4 Å². The first-order valence-electron chi connectivity index (χ1n) is 22.2. The van der Waals surface area contributed by atoms with E-state index in [0.717, 1.165) is 127 Å². The van der Waals surface area contributed by atoms with Gasteiger partial charge in [0.15, 0.2) is 11.2 Å². The lowest BCUT2D eigenvalue weighted by Gasteiger charge is -2.20. The highest BCUT2D eigenvalue weighted by Gasteiger charge is 2.21. The van der Waals surface area contributed by atoms with Gasteiger partial charge in [0, 0.05) is 45.8 Å². The SMILES string of the molecule is CCCCOc1ccc2cc(-c3ccc(C(=O)Sc4nc5ccccc5o4)cc3)ccc2c1-c1c(OCCCC)ccc2cc(-c3ccc(C(=O)Sc4nc5ccccc5o4)cc3)ccc12. The Morgan fingerprint density at radius 2 is 0.894 bits per heavy atom. The minimum Gasteiger partial charge on any atom is -0.493 e. The molecular formula is C56H44N2O6S2. The lowest BCUT2D eigenvalue weighted by Crippen LogP contribution is -2.02. The molecular weight excluding hydrogens is 861 g/mol. The molecule has 10 rings (SSSR count). The minimum atomic E-state index is -0.136. The normalized spacial score (nSPS) is 11.5. The molecule has 0 aliphatic rings. The summed E-state index contributed by atoms with van der Waals surface area (Å²) in [7, 11) is 0. The van der Waals surface area contributed by atoms with E-state index in [1.807, 2.05) is 97.1 Å². The van der Waals surface area contributed by atoms with Crippen LogP contribution in [0.5, 0.6) is 11.5 Å². The van der Waals surface area contributed by atoms with Gasteiger partial charge in [-0.3, -0.25) is 9.59 Å². The van der Waals surface area contributed by atoms with Crippen LogP contribution < -0.4 is 9.47 Å². The maximum Gasteiger partial charge on any atom is 0.264 e. The van der Waals surface area contributed by atoms with Gasteiger partial charge in [-0.1, -0.05) is 112 Å². The Labute approximate surface area is 390 Å². The standard InChI is InChI=1S/C56H44N2O6S2/c1-3-5-31-61-49-29-25-41-33-39(35-15-19-37(20-16-35)53(59)65-55-57-45-11-7-9-13-47(45)63-55)23-27-43(41)51(49)52-44-28-24-40(34-42(44)26-30-50(52)62-32-6-4-2)36-17-21-38(22-18-36)54(60)66-56-58-46-12-8-10-14-48(46)64-56/h7-30,33-34H,3-6,31-32H2,1-2H3. The van der Waals surface area contributed by atoms with Crippen LogP contribution in [0.2, 0.25) is 0 Å². The Hall–Kier alpha value is -7.14. The summed E-state index contributed by atoms with van der Waals surface area (Å²) >= 11 is 1.98. The van der Waals surface area contributed by atoms with E-state index in [-0.39, 0.29) is 10.2 Å². The molecule has 0 aliphatic heterocycles. The number of hydrogen-bond donors (Lipinski definition) is 0. The molecule has 0 amide bonds. The van der Waals surface area contributed by atoms with Crippen LogP contribution in [-0.2, 0) is 0 Å². The summed E-state index contributed by atoms with van der Waals surface area (Å²) in [6.45, 7) is 5.51. The van der Waals surface area contributed by atoms with Crippen molar-refractivity contribution in [2.75, 3.05) is 13.2 Å². The van der Waals surface area contributed by atoms with E-state index < -0.39 is 0 Å². The fourth-order valence-corrected chi connectivity index (χ4v) is 9.43. The van der Waals surface area contributed by atoms with E-state index >= 15 is 0 Å². The molecule has 10 aromatic rings. The van der Waals surface area contributed by atoms with Crippen LogP contribution >= 0.6 is 23.5 Å². The molecule has 2 aromatic heterocycles. The predicted octanol–water partition coefficient (Wildman–Crippen LogP) is 15.5. The van der Waals surface area contributed by atoms with Gasteiger partial charge in [0.2, 0.25) is 10.2 Å². The van der Waals surface area contributed by atoms with Gasteiger partial charge in [-0.25, -0.2) is 9.97 Å². The van der Waals surface area contributed by atoms with Gasteiger partial charge in [-0.15, -0.1) is 0 Å². The molecule has 0 saturated heterocycles. The summed E-state index contributed by atoms with van der Waals surface area (Å²) in [6.07, 6.45) is 3.89. The summed E-state index contributed by atoms with van der Waals surface area (Å²) in [6, 6.07) is 51.7. The van der Waals surface area contributed by atoms with Gasteiger partial charge in [-0.05, 0) is 129 Å². The number of carbonyl (C=O) groups excluding carboxylic acids is 2. The van der Waals surface area contributed by atoms with E-state index in [0.29, 0.717) is 46.0 Å². The van der Waals surface area contributed by atoms with Crippen molar-refractivity contribution in [1.29, 1.82) is 0 Å². The summed E-state index contributed by atoms with van der Waals surface area (Å²) in [4.78, 5) is 35.4. The molecule has 0 saturated carbocycles. The lowest BCUT2D eigenvalue weighted by molar-refractivity contribution is 0.108. The molecule has 0 atom stereocenters. The number of para-hydroxylation sites is 4. The van der Waals surface area contributed by atoms with E-state index in [1.54, 1.807) is 0 Å².